The smallest absolute Gasteiger partial charge is 0.129 e. The highest BCUT2D eigenvalue weighted by atomic mass is 35.5. The lowest BCUT2D eigenvalue weighted by Crippen LogP contribution is -2.39. The van der Waals surface area contributed by atoms with Crippen LogP contribution in [0.15, 0.2) is 18.2 Å². The maximum Gasteiger partial charge on any atom is 0.129 e. The zero-order valence-corrected chi connectivity index (χ0v) is 11.7. The van der Waals surface area contributed by atoms with Crippen LogP contribution in [-0.2, 0) is 6.54 Å². The molecule has 0 radical (unpaired) electrons. The van der Waals surface area contributed by atoms with Gasteiger partial charge in [-0.15, -0.1) is 0 Å². The van der Waals surface area contributed by atoms with Crippen LogP contribution in [0.5, 0.6) is 0 Å². The summed E-state index contributed by atoms with van der Waals surface area (Å²) in [6.45, 7) is 3.62. The summed E-state index contributed by atoms with van der Waals surface area (Å²) in [5.41, 5.74) is 0.667. The molecule has 18 heavy (non-hydrogen) atoms. The quantitative estimate of drug-likeness (QED) is 0.855. The first-order chi connectivity index (χ1) is 8.58. The Morgan fingerprint density at radius 1 is 1.50 bits per heavy atom. The molecule has 1 aliphatic carbocycles. The Labute approximate surface area is 113 Å². The predicted molar refractivity (Wildman–Crippen MR) is 73.4 cm³/mol. The van der Waals surface area contributed by atoms with Gasteiger partial charge < -0.3 is 5.32 Å². The molecule has 0 saturated heterocycles. The number of hydrogen-bond acceptors (Lipinski definition) is 2. The number of rotatable bonds is 6. The summed E-state index contributed by atoms with van der Waals surface area (Å²) in [6, 6.07) is 6.06. The molecule has 100 valence electrons. The fourth-order valence-corrected chi connectivity index (χ4v) is 2.23. The largest absolute Gasteiger partial charge is 0.311 e. The van der Waals surface area contributed by atoms with Gasteiger partial charge in [0.05, 0.1) is 0 Å². The van der Waals surface area contributed by atoms with E-state index < -0.39 is 0 Å². The number of likely N-dealkylation sites (N-methyl/N-ethyl adjacent to an activating group) is 1. The lowest BCUT2D eigenvalue weighted by Gasteiger charge is -2.24. The third-order valence-corrected chi connectivity index (χ3v) is 3.82. The summed E-state index contributed by atoms with van der Waals surface area (Å²) >= 11 is 5.72. The highest BCUT2D eigenvalue weighted by Crippen LogP contribution is 2.26. The molecular formula is C14H20ClFN2. The van der Waals surface area contributed by atoms with Crippen molar-refractivity contribution in [2.75, 3.05) is 13.6 Å². The molecule has 0 spiro atoms. The van der Waals surface area contributed by atoms with Gasteiger partial charge in [0.25, 0.3) is 0 Å². The molecule has 1 aromatic carbocycles. The molecule has 1 unspecified atom stereocenters. The third-order valence-electron chi connectivity index (χ3n) is 3.59. The first kappa shape index (κ1) is 13.8. The van der Waals surface area contributed by atoms with Gasteiger partial charge in [0.2, 0.25) is 0 Å². The van der Waals surface area contributed by atoms with Crippen molar-refractivity contribution in [1.82, 2.24) is 10.2 Å². The fourth-order valence-electron chi connectivity index (χ4n) is 2.07. The molecular weight excluding hydrogens is 251 g/mol. The van der Waals surface area contributed by atoms with E-state index in [1.165, 1.54) is 18.9 Å². The summed E-state index contributed by atoms with van der Waals surface area (Å²) in [7, 11) is 2.16. The Hall–Kier alpha value is -0.640. The van der Waals surface area contributed by atoms with Gasteiger partial charge in [-0.05, 0) is 38.9 Å². The standard InChI is InChI=1S/C14H20ClFN2/c1-10(18(2)13-5-6-13)8-17-9-11-3-4-12(15)7-14(11)16/h3-4,7,10,13,17H,5-6,8-9H2,1-2H3. The van der Waals surface area contributed by atoms with E-state index in [9.17, 15) is 4.39 Å². The Kier molecular flexibility index (Phi) is 4.60. The number of hydrogen-bond donors (Lipinski definition) is 1. The SMILES string of the molecule is CC(CNCc1ccc(Cl)cc1F)N(C)C1CC1. The van der Waals surface area contributed by atoms with Crippen LogP contribution in [0.2, 0.25) is 5.02 Å². The van der Waals surface area contributed by atoms with Crippen LogP contribution in [0.3, 0.4) is 0 Å². The molecule has 1 aliphatic rings. The topological polar surface area (TPSA) is 15.3 Å². The van der Waals surface area contributed by atoms with Crippen LogP contribution in [0.25, 0.3) is 0 Å². The molecule has 2 nitrogen and oxygen atoms in total. The zero-order valence-electron chi connectivity index (χ0n) is 10.9. The van der Waals surface area contributed by atoms with Gasteiger partial charge in [-0.1, -0.05) is 17.7 Å². The fraction of sp³-hybridized carbons (Fsp3) is 0.571. The maximum absolute atomic E-state index is 13.5. The lowest BCUT2D eigenvalue weighted by atomic mass is 10.2. The third kappa shape index (κ3) is 3.67. The average Bonchev–Trinajstić information content (AvgIpc) is 3.15. The van der Waals surface area contributed by atoms with Crippen molar-refractivity contribution >= 4 is 11.6 Å². The van der Waals surface area contributed by atoms with Gasteiger partial charge in [-0.3, -0.25) is 4.90 Å². The summed E-state index contributed by atoms with van der Waals surface area (Å²) in [5, 5.41) is 3.74. The van der Waals surface area contributed by atoms with Crippen molar-refractivity contribution in [2.45, 2.75) is 38.4 Å². The van der Waals surface area contributed by atoms with Crippen molar-refractivity contribution in [2.24, 2.45) is 0 Å². The van der Waals surface area contributed by atoms with Gasteiger partial charge in [0.15, 0.2) is 0 Å². The van der Waals surface area contributed by atoms with Gasteiger partial charge >= 0.3 is 0 Å². The van der Waals surface area contributed by atoms with Crippen LogP contribution < -0.4 is 5.32 Å². The van der Waals surface area contributed by atoms with Crippen LogP contribution in [-0.4, -0.2) is 30.6 Å². The molecule has 0 bridgehead atoms. The molecule has 0 amide bonds. The highest BCUT2D eigenvalue weighted by molar-refractivity contribution is 6.30. The van der Waals surface area contributed by atoms with Crippen LogP contribution in [0.4, 0.5) is 4.39 Å². The van der Waals surface area contributed by atoms with Crippen LogP contribution >= 0.6 is 11.6 Å². The molecule has 1 fully saturated rings. The van der Waals surface area contributed by atoms with Crippen molar-refractivity contribution < 1.29 is 4.39 Å². The summed E-state index contributed by atoms with van der Waals surface area (Å²) in [6.07, 6.45) is 2.62. The van der Waals surface area contributed by atoms with E-state index in [1.54, 1.807) is 12.1 Å². The first-order valence-electron chi connectivity index (χ1n) is 6.44. The van der Waals surface area contributed by atoms with E-state index in [4.69, 9.17) is 11.6 Å². The molecule has 0 aromatic heterocycles. The van der Waals surface area contributed by atoms with Gasteiger partial charge in [0.1, 0.15) is 5.82 Å². The second-order valence-electron chi connectivity index (χ2n) is 5.11. The zero-order chi connectivity index (χ0) is 13.1. The Morgan fingerprint density at radius 2 is 2.22 bits per heavy atom. The second kappa shape index (κ2) is 6.00. The van der Waals surface area contributed by atoms with E-state index in [0.717, 1.165) is 12.6 Å². The first-order valence-corrected chi connectivity index (χ1v) is 6.82. The molecule has 2 rings (SSSR count). The summed E-state index contributed by atoms with van der Waals surface area (Å²) in [4.78, 5) is 2.39. The average molecular weight is 271 g/mol. The Bertz CT molecular complexity index is 407. The second-order valence-corrected chi connectivity index (χ2v) is 5.55. The van der Waals surface area contributed by atoms with Gasteiger partial charge in [-0.25, -0.2) is 4.39 Å². The molecule has 1 saturated carbocycles. The van der Waals surface area contributed by atoms with Crippen LogP contribution in [0, 0.1) is 5.82 Å². The molecule has 1 aromatic rings. The summed E-state index contributed by atoms with van der Waals surface area (Å²) in [5.74, 6) is -0.238. The number of halogens is 2. The molecule has 1 atom stereocenters. The number of benzene rings is 1. The minimum Gasteiger partial charge on any atom is -0.311 e. The monoisotopic (exact) mass is 270 g/mol. The molecule has 0 heterocycles. The number of nitrogens with zero attached hydrogens (tertiary/aromatic N) is 1. The van der Waals surface area contributed by atoms with Crippen molar-refractivity contribution in [3.05, 3.63) is 34.6 Å². The minimum absolute atomic E-state index is 0.238. The van der Waals surface area contributed by atoms with Crippen molar-refractivity contribution in [3.63, 3.8) is 0 Å². The van der Waals surface area contributed by atoms with E-state index in [0.29, 0.717) is 23.2 Å². The van der Waals surface area contributed by atoms with E-state index in [2.05, 4.69) is 24.2 Å². The highest BCUT2D eigenvalue weighted by Gasteiger charge is 2.28. The number of nitrogens with one attached hydrogen (secondary N) is 1. The molecule has 0 aliphatic heterocycles. The molecule has 1 N–H and O–H groups in total. The van der Waals surface area contributed by atoms with E-state index in [-0.39, 0.29) is 5.82 Å². The predicted octanol–water partition coefficient (Wildman–Crippen LogP) is 3.05. The lowest BCUT2D eigenvalue weighted by molar-refractivity contribution is 0.241. The minimum atomic E-state index is -0.238. The van der Waals surface area contributed by atoms with Gasteiger partial charge in [-0.2, -0.15) is 0 Å². The maximum atomic E-state index is 13.5. The van der Waals surface area contributed by atoms with Crippen molar-refractivity contribution in [1.29, 1.82) is 0 Å². The van der Waals surface area contributed by atoms with E-state index in [1.807, 2.05) is 0 Å². The van der Waals surface area contributed by atoms with Crippen LogP contribution in [0.1, 0.15) is 25.3 Å². The Balaban J connectivity index is 1.77. The Morgan fingerprint density at radius 3 is 2.83 bits per heavy atom. The van der Waals surface area contributed by atoms with Gasteiger partial charge in [0, 0.05) is 35.8 Å². The van der Waals surface area contributed by atoms with E-state index >= 15 is 0 Å². The normalized spacial score (nSPS) is 17.2. The van der Waals surface area contributed by atoms with Crippen molar-refractivity contribution in [3.8, 4) is 0 Å². The molecule has 4 heteroatoms. The summed E-state index contributed by atoms with van der Waals surface area (Å²) < 4.78 is 13.5.